The van der Waals surface area contributed by atoms with E-state index in [2.05, 4.69) is 60.8 Å². The first-order valence-electron chi connectivity index (χ1n) is 8.79. The lowest BCUT2D eigenvalue weighted by Crippen LogP contribution is -2.45. The molecule has 0 unspecified atom stereocenters. The van der Waals surface area contributed by atoms with Gasteiger partial charge in [-0.15, -0.1) is 0 Å². The maximum Gasteiger partial charge on any atom is 0.108 e. The standard InChI is InChI=1S/C21H24N2O/c1-16-6-2-3-8-18(16)15-22-20-21(10-12-24-13-11-21)14-17-7-4-5-9-19(17)23-20/h2-9H,10-15H2,1H3,(H,22,23). The molecule has 0 radical (unpaired) electrons. The van der Waals surface area contributed by atoms with Gasteiger partial charge in [0, 0.05) is 24.3 Å². The van der Waals surface area contributed by atoms with Crippen LogP contribution in [0.1, 0.15) is 29.5 Å². The molecule has 0 amide bonds. The Balaban J connectivity index is 1.68. The Morgan fingerprint density at radius 3 is 2.62 bits per heavy atom. The average molecular weight is 320 g/mol. The summed E-state index contributed by atoms with van der Waals surface area (Å²) in [5.41, 5.74) is 5.31. The third-order valence-corrected chi connectivity index (χ3v) is 5.42. The second kappa shape index (κ2) is 6.40. The van der Waals surface area contributed by atoms with E-state index in [0.29, 0.717) is 0 Å². The summed E-state index contributed by atoms with van der Waals surface area (Å²) in [6, 6.07) is 17.1. The molecule has 124 valence electrons. The quantitative estimate of drug-likeness (QED) is 0.892. The highest BCUT2D eigenvalue weighted by Crippen LogP contribution is 2.41. The van der Waals surface area contributed by atoms with Crippen molar-refractivity contribution in [2.45, 2.75) is 32.7 Å². The Labute approximate surface area is 143 Å². The van der Waals surface area contributed by atoms with Gasteiger partial charge in [0.15, 0.2) is 0 Å². The molecule has 2 heterocycles. The highest BCUT2D eigenvalue weighted by atomic mass is 16.5. The molecule has 24 heavy (non-hydrogen) atoms. The molecule has 2 aromatic carbocycles. The van der Waals surface area contributed by atoms with Crippen molar-refractivity contribution in [2.24, 2.45) is 10.4 Å². The van der Waals surface area contributed by atoms with Crippen molar-refractivity contribution in [3.8, 4) is 0 Å². The number of hydrogen-bond donors (Lipinski definition) is 1. The van der Waals surface area contributed by atoms with E-state index in [1.54, 1.807) is 0 Å². The summed E-state index contributed by atoms with van der Waals surface area (Å²) in [6.45, 7) is 4.55. The van der Waals surface area contributed by atoms with Gasteiger partial charge in [0.2, 0.25) is 0 Å². The third-order valence-electron chi connectivity index (χ3n) is 5.42. The number of amidine groups is 1. The molecule has 0 bridgehead atoms. The van der Waals surface area contributed by atoms with E-state index in [1.807, 2.05) is 0 Å². The zero-order valence-electron chi connectivity index (χ0n) is 14.2. The number of rotatable bonds is 2. The number of nitrogens with zero attached hydrogens (tertiary/aromatic N) is 1. The van der Waals surface area contributed by atoms with E-state index < -0.39 is 0 Å². The fourth-order valence-corrected chi connectivity index (χ4v) is 3.84. The van der Waals surface area contributed by atoms with Gasteiger partial charge in [-0.25, -0.2) is 0 Å². The summed E-state index contributed by atoms with van der Waals surface area (Å²) < 4.78 is 5.63. The Bertz CT molecular complexity index is 760. The molecule has 0 atom stereocenters. The number of para-hydroxylation sites is 1. The van der Waals surface area contributed by atoms with E-state index in [4.69, 9.17) is 9.73 Å². The van der Waals surface area contributed by atoms with Gasteiger partial charge in [0.05, 0.1) is 6.54 Å². The molecule has 2 aliphatic rings. The van der Waals surface area contributed by atoms with Crippen molar-refractivity contribution in [1.82, 2.24) is 0 Å². The first-order chi connectivity index (χ1) is 11.8. The van der Waals surface area contributed by atoms with E-state index in [1.165, 1.54) is 22.4 Å². The van der Waals surface area contributed by atoms with Crippen molar-refractivity contribution >= 4 is 11.5 Å². The maximum absolute atomic E-state index is 5.63. The molecule has 2 aliphatic heterocycles. The molecular weight excluding hydrogens is 296 g/mol. The number of aryl methyl sites for hydroxylation is 1. The fraction of sp³-hybridized carbons (Fsp3) is 0.381. The second-order valence-electron chi connectivity index (χ2n) is 6.94. The summed E-state index contributed by atoms with van der Waals surface area (Å²) in [5.74, 6) is 1.15. The van der Waals surface area contributed by atoms with Crippen LogP contribution in [0.15, 0.2) is 53.5 Å². The minimum atomic E-state index is 0.106. The topological polar surface area (TPSA) is 33.6 Å². The number of aliphatic imine (C=N–C) groups is 1. The zero-order chi connectivity index (χ0) is 16.4. The minimum Gasteiger partial charge on any atom is -0.381 e. The molecule has 2 aromatic rings. The van der Waals surface area contributed by atoms with Crippen LogP contribution in [-0.4, -0.2) is 19.0 Å². The lowest BCUT2D eigenvalue weighted by atomic mass is 9.71. The molecule has 1 N–H and O–H groups in total. The summed E-state index contributed by atoms with van der Waals surface area (Å²) in [7, 11) is 0. The Morgan fingerprint density at radius 2 is 1.79 bits per heavy atom. The van der Waals surface area contributed by atoms with Crippen molar-refractivity contribution in [3.63, 3.8) is 0 Å². The number of anilines is 1. The lowest BCUT2D eigenvalue weighted by Gasteiger charge is -2.42. The van der Waals surface area contributed by atoms with Crippen molar-refractivity contribution in [1.29, 1.82) is 0 Å². The first-order valence-corrected chi connectivity index (χ1v) is 8.79. The normalized spacial score (nSPS) is 20.6. The van der Waals surface area contributed by atoms with Crippen LogP contribution in [-0.2, 0) is 17.7 Å². The van der Waals surface area contributed by atoms with Crippen LogP contribution in [0.25, 0.3) is 0 Å². The lowest BCUT2D eigenvalue weighted by molar-refractivity contribution is 0.0448. The second-order valence-corrected chi connectivity index (χ2v) is 6.94. The molecule has 1 spiro atoms. The molecule has 0 aromatic heterocycles. The summed E-state index contributed by atoms with van der Waals surface area (Å²) in [4.78, 5) is 5.04. The highest BCUT2D eigenvalue weighted by molar-refractivity contribution is 6.02. The van der Waals surface area contributed by atoms with Crippen molar-refractivity contribution in [2.75, 3.05) is 18.5 Å². The molecule has 0 aliphatic carbocycles. The molecule has 3 nitrogen and oxygen atoms in total. The molecule has 4 rings (SSSR count). The Hall–Kier alpha value is -2.13. The van der Waals surface area contributed by atoms with Gasteiger partial charge in [-0.1, -0.05) is 42.5 Å². The monoisotopic (exact) mass is 320 g/mol. The predicted octanol–water partition coefficient (Wildman–Crippen LogP) is 4.36. The Morgan fingerprint density at radius 1 is 1.04 bits per heavy atom. The van der Waals surface area contributed by atoms with E-state index in [-0.39, 0.29) is 5.41 Å². The number of benzene rings is 2. The van der Waals surface area contributed by atoms with Crippen LogP contribution < -0.4 is 5.32 Å². The summed E-state index contributed by atoms with van der Waals surface area (Å²) in [6.07, 6.45) is 3.15. The fourth-order valence-electron chi connectivity index (χ4n) is 3.84. The van der Waals surface area contributed by atoms with Crippen molar-refractivity contribution < 1.29 is 4.74 Å². The smallest absolute Gasteiger partial charge is 0.108 e. The SMILES string of the molecule is Cc1ccccc1CN=C1Nc2ccccc2CC12CCOCC2. The van der Waals surface area contributed by atoms with Gasteiger partial charge in [0.1, 0.15) is 5.84 Å². The number of nitrogens with one attached hydrogen (secondary N) is 1. The maximum atomic E-state index is 5.63. The molecule has 0 saturated carbocycles. The average Bonchev–Trinajstić information content (AvgIpc) is 2.62. The van der Waals surface area contributed by atoms with Crippen molar-refractivity contribution in [3.05, 3.63) is 65.2 Å². The number of fused-ring (bicyclic) bond motifs is 1. The third kappa shape index (κ3) is 2.84. The molecular formula is C21H24N2O. The zero-order valence-corrected chi connectivity index (χ0v) is 14.2. The van der Waals surface area contributed by atoms with Crippen LogP contribution in [0.3, 0.4) is 0 Å². The first kappa shape index (κ1) is 15.4. The van der Waals surface area contributed by atoms with Crippen LogP contribution in [0.4, 0.5) is 5.69 Å². The predicted molar refractivity (Wildman–Crippen MR) is 98.6 cm³/mol. The number of ether oxygens (including phenoxy) is 1. The van der Waals surface area contributed by atoms with Crippen LogP contribution in [0, 0.1) is 12.3 Å². The molecule has 1 fully saturated rings. The van der Waals surface area contributed by atoms with Crippen LogP contribution >= 0.6 is 0 Å². The van der Waals surface area contributed by atoms with E-state index >= 15 is 0 Å². The van der Waals surface area contributed by atoms with Gasteiger partial charge in [0.25, 0.3) is 0 Å². The van der Waals surface area contributed by atoms with Gasteiger partial charge >= 0.3 is 0 Å². The van der Waals surface area contributed by atoms with Crippen LogP contribution in [0.5, 0.6) is 0 Å². The van der Waals surface area contributed by atoms with Gasteiger partial charge < -0.3 is 10.1 Å². The van der Waals surface area contributed by atoms with Crippen LogP contribution in [0.2, 0.25) is 0 Å². The van der Waals surface area contributed by atoms with Gasteiger partial charge in [-0.05, 0) is 48.9 Å². The van der Waals surface area contributed by atoms with E-state index in [0.717, 1.165) is 44.9 Å². The molecule has 3 heteroatoms. The largest absolute Gasteiger partial charge is 0.381 e. The summed E-state index contributed by atoms with van der Waals surface area (Å²) >= 11 is 0. The van der Waals surface area contributed by atoms with Gasteiger partial charge in [-0.2, -0.15) is 0 Å². The minimum absolute atomic E-state index is 0.106. The van der Waals surface area contributed by atoms with E-state index in [9.17, 15) is 0 Å². The van der Waals surface area contributed by atoms with Gasteiger partial charge in [-0.3, -0.25) is 4.99 Å². The Kier molecular flexibility index (Phi) is 4.11. The number of hydrogen-bond acceptors (Lipinski definition) is 2. The molecule has 1 saturated heterocycles. The summed E-state index contributed by atoms with van der Waals surface area (Å²) in [5, 5.41) is 3.64. The highest BCUT2D eigenvalue weighted by Gasteiger charge is 2.41.